The first-order valence-corrected chi connectivity index (χ1v) is 7.77. The largest absolute Gasteiger partial charge is 0.478 e. The number of nitrogens with one attached hydrogen (secondary N) is 1. The Hall–Kier alpha value is -2.19. The van der Waals surface area contributed by atoms with Gasteiger partial charge in [-0.05, 0) is 35.7 Å². The molecule has 1 aliphatic heterocycles. The molecule has 0 bridgehead atoms. The van der Waals surface area contributed by atoms with E-state index in [1.54, 1.807) is 12.1 Å². The molecule has 2 heterocycles. The predicted molar refractivity (Wildman–Crippen MR) is 73.3 cm³/mol. The van der Waals surface area contributed by atoms with Gasteiger partial charge in [0.15, 0.2) is 5.03 Å². The highest BCUT2D eigenvalue weighted by Gasteiger charge is 2.29. The summed E-state index contributed by atoms with van der Waals surface area (Å²) in [5.74, 6) is -1.02. The summed E-state index contributed by atoms with van der Waals surface area (Å²) in [5.41, 5.74) is 1.87. The van der Waals surface area contributed by atoms with E-state index >= 15 is 0 Å². The molecule has 0 fully saturated rings. The number of fused-ring (bicyclic) bond motifs is 1. The summed E-state index contributed by atoms with van der Waals surface area (Å²) < 4.78 is 26.2. The van der Waals surface area contributed by atoms with Gasteiger partial charge in [0.2, 0.25) is 0 Å². The highest BCUT2D eigenvalue weighted by Crippen LogP contribution is 2.24. The zero-order valence-electron chi connectivity index (χ0n) is 11.0. The van der Waals surface area contributed by atoms with Crippen LogP contribution in [0.5, 0.6) is 0 Å². The van der Waals surface area contributed by atoms with Gasteiger partial charge in [0.05, 0.1) is 11.8 Å². The number of aromatic amines is 1. The van der Waals surface area contributed by atoms with Crippen molar-refractivity contribution in [2.45, 2.75) is 18.0 Å². The van der Waals surface area contributed by atoms with E-state index < -0.39 is 16.0 Å². The first-order chi connectivity index (χ1) is 9.98. The topological polar surface area (TPSA) is 103 Å². The molecular weight excluding hydrogens is 294 g/mol. The van der Waals surface area contributed by atoms with Crippen molar-refractivity contribution in [3.8, 4) is 0 Å². The van der Waals surface area contributed by atoms with E-state index in [4.69, 9.17) is 5.11 Å². The normalized spacial score (nSPS) is 15.6. The Morgan fingerprint density at radius 2 is 2.10 bits per heavy atom. The summed E-state index contributed by atoms with van der Waals surface area (Å²) >= 11 is 0. The lowest BCUT2D eigenvalue weighted by Crippen LogP contribution is -2.36. The Labute approximate surface area is 121 Å². The summed E-state index contributed by atoms with van der Waals surface area (Å²) in [4.78, 5) is 11.0. The van der Waals surface area contributed by atoms with Crippen molar-refractivity contribution in [1.82, 2.24) is 14.5 Å². The number of carboxylic acids is 1. The predicted octanol–water partition coefficient (Wildman–Crippen LogP) is 0.855. The van der Waals surface area contributed by atoms with Crippen LogP contribution in [0.15, 0.2) is 35.5 Å². The van der Waals surface area contributed by atoms with Crippen molar-refractivity contribution in [2.75, 3.05) is 6.54 Å². The van der Waals surface area contributed by atoms with Gasteiger partial charge in [-0.25, -0.2) is 13.2 Å². The Morgan fingerprint density at radius 1 is 1.29 bits per heavy atom. The molecule has 7 nitrogen and oxygen atoms in total. The van der Waals surface area contributed by atoms with E-state index in [0.717, 1.165) is 11.1 Å². The standard InChI is InChI=1S/C13H13N3O4S/c17-13(18)10-2-1-9-4-6-16(8-11(9)7-10)21(19,20)12-3-5-14-15-12/h1-3,5,7H,4,6,8H2,(H,14,15)(H,17,18). The van der Waals surface area contributed by atoms with Crippen LogP contribution >= 0.6 is 0 Å². The summed E-state index contributed by atoms with van der Waals surface area (Å²) in [7, 11) is -3.63. The second kappa shape index (κ2) is 4.97. The summed E-state index contributed by atoms with van der Waals surface area (Å²) in [6.07, 6.45) is 1.94. The van der Waals surface area contributed by atoms with Gasteiger partial charge in [-0.1, -0.05) is 6.07 Å². The van der Waals surface area contributed by atoms with Crippen LogP contribution < -0.4 is 0 Å². The minimum atomic E-state index is -3.63. The molecule has 1 aromatic heterocycles. The molecule has 0 amide bonds. The van der Waals surface area contributed by atoms with Gasteiger partial charge in [-0.2, -0.15) is 9.40 Å². The Morgan fingerprint density at radius 3 is 2.76 bits per heavy atom. The van der Waals surface area contributed by atoms with Crippen molar-refractivity contribution < 1.29 is 18.3 Å². The van der Waals surface area contributed by atoms with Crippen LogP contribution in [0.2, 0.25) is 0 Å². The minimum Gasteiger partial charge on any atom is -0.478 e. The molecule has 110 valence electrons. The van der Waals surface area contributed by atoms with Crippen LogP contribution in [0.3, 0.4) is 0 Å². The van der Waals surface area contributed by atoms with Crippen LogP contribution in [0, 0.1) is 0 Å². The summed E-state index contributed by atoms with van der Waals surface area (Å²) in [5, 5.41) is 15.2. The van der Waals surface area contributed by atoms with E-state index in [1.165, 1.54) is 22.6 Å². The Balaban J connectivity index is 1.94. The van der Waals surface area contributed by atoms with E-state index in [9.17, 15) is 13.2 Å². The molecule has 1 aromatic carbocycles. The van der Waals surface area contributed by atoms with Crippen molar-refractivity contribution in [3.63, 3.8) is 0 Å². The molecule has 0 saturated carbocycles. The summed E-state index contributed by atoms with van der Waals surface area (Å²) in [6, 6.07) is 6.23. The number of aromatic nitrogens is 2. The average molecular weight is 307 g/mol. The number of H-pyrrole nitrogens is 1. The van der Waals surface area contributed by atoms with Crippen molar-refractivity contribution in [1.29, 1.82) is 0 Å². The molecule has 0 atom stereocenters. The quantitative estimate of drug-likeness (QED) is 0.875. The number of nitrogens with zero attached hydrogens (tertiary/aromatic N) is 2. The molecular formula is C13H13N3O4S. The van der Waals surface area contributed by atoms with Gasteiger partial charge in [-0.15, -0.1) is 0 Å². The third kappa shape index (κ3) is 2.43. The second-order valence-electron chi connectivity index (χ2n) is 4.80. The summed E-state index contributed by atoms with van der Waals surface area (Å²) in [6.45, 7) is 0.526. The fourth-order valence-corrected chi connectivity index (χ4v) is 3.72. The maximum atomic E-state index is 12.4. The SMILES string of the molecule is O=C(O)c1ccc2c(c1)CN(S(=O)(=O)c1ccn[nH]1)CC2. The number of rotatable bonds is 3. The maximum Gasteiger partial charge on any atom is 0.335 e. The van der Waals surface area contributed by atoms with Crippen LogP contribution in [-0.4, -0.2) is 40.5 Å². The Kier molecular flexibility index (Phi) is 3.26. The minimum absolute atomic E-state index is 0.0420. The highest BCUT2D eigenvalue weighted by molar-refractivity contribution is 7.89. The van der Waals surface area contributed by atoms with Gasteiger partial charge in [0.1, 0.15) is 0 Å². The van der Waals surface area contributed by atoms with E-state index in [2.05, 4.69) is 10.2 Å². The Bertz CT molecular complexity index is 784. The third-order valence-corrected chi connectivity index (χ3v) is 5.30. The molecule has 3 rings (SSSR count). The van der Waals surface area contributed by atoms with Gasteiger partial charge >= 0.3 is 5.97 Å². The lowest BCUT2D eigenvalue weighted by atomic mass is 9.99. The van der Waals surface area contributed by atoms with Crippen LogP contribution in [0.25, 0.3) is 0 Å². The number of hydrogen-bond donors (Lipinski definition) is 2. The molecule has 21 heavy (non-hydrogen) atoms. The number of aromatic carboxylic acids is 1. The number of sulfonamides is 1. The maximum absolute atomic E-state index is 12.4. The van der Waals surface area contributed by atoms with E-state index in [1.807, 2.05) is 0 Å². The van der Waals surface area contributed by atoms with Gasteiger partial charge in [0, 0.05) is 13.1 Å². The van der Waals surface area contributed by atoms with Gasteiger partial charge in [0.25, 0.3) is 10.0 Å². The molecule has 0 aliphatic carbocycles. The van der Waals surface area contributed by atoms with Crippen LogP contribution in [0.4, 0.5) is 0 Å². The highest BCUT2D eigenvalue weighted by atomic mass is 32.2. The van der Waals surface area contributed by atoms with Crippen molar-refractivity contribution in [2.24, 2.45) is 0 Å². The smallest absolute Gasteiger partial charge is 0.335 e. The van der Waals surface area contributed by atoms with Gasteiger partial charge < -0.3 is 5.11 Å². The fourth-order valence-electron chi connectivity index (χ4n) is 2.40. The number of carboxylic acid groups (broad SMARTS) is 1. The van der Waals surface area contributed by atoms with E-state index in [-0.39, 0.29) is 17.1 Å². The first kappa shape index (κ1) is 13.8. The van der Waals surface area contributed by atoms with Crippen LogP contribution in [-0.2, 0) is 23.0 Å². The molecule has 0 saturated heterocycles. The molecule has 2 aromatic rings. The molecule has 0 radical (unpaired) electrons. The number of benzene rings is 1. The molecule has 2 N–H and O–H groups in total. The fraction of sp³-hybridized carbons (Fsp3) is 0.231. The van der Waals surface area contributed by atoms with Crippen molar-refractivity contribution >= 4 is 16.0 Å². The lowest BCUT2D eigenvalue weighted by Gasteiger charge is -2.27. The monoisotopic (exact) mass is 307 g/mol. The second-order valence-corrected chi connectivity index (χ2v) is 6.70. The molecule has 1 aliphatic rings. The number of carbonyl (C=O) groups is 1. The van der Waals surface area contributed by atoms with E-state index in [0.29, 0.717) is 13.0 Å². The van der Waals surface area contributed by atoms with Crippen molar-refractivity contribution in [3.05, 3.63) is 47.2 Å². The third-order valence-electron chi connectivity index (χ3n) is 3.52. The zero-order chi connectivity index (χ0) is 15.0. The first-order valence-electron chi connectivity index (χ1n) is 6.33. The zero-order valence-corrected chi connectivity index (χ0v) is 11.8. The lowest BCUT2D eigenvalue weighted by molar-refractivity contribution is 0.0696. The van der Waals surface area contributed by atoms with Crippen LogP contribution in [0.1, 0.15) is 21.5 Å². The average Bonchev–Trinajstić information content (AvgIpc) is 3.01. The molecule has 0 unspecified atom stereocenters. The molecule has 0 spiro atoms. The molecule has 8 heteroatoms. The number of hydrogen-bond acceptors (Lipinski definition) is 4. The van der Waals surface area contributed by atoms with Gasteiger partial charge in [-0.3, -0.25) is 5.10 Å².